The van der Waals surface area contributed by atoms with Crippen molar-refractivity contribution in [2.45, 2.75) is 25.8 Å². The molecule has 0 bridgehead atoms. The summed E-state index contributed by atoms with van der Waals surface area (Å²) in [4.78, 5) is 24.7. The number of aliphatic carboxylic acids is 1. The van der Waals surface area contributed by atoms with Crippen LogP contribution in [0.2, 0.25) is 0 Å². The van der Waals surface area contributed by atoms with Gasteiger partial charge in [0.05, 0.1) is 6.54 Å². The first kappa shape index (κ1) is 16.5. The molecule has 1 fully saturated rings. The highest BCUT2D eigenvalue weighted by Gasteiger charge is 2.31. The Kier molecular flexibility index (Phi) is 5.98. The topological polar surface area (TPSA) is 69.6 Å². The zero-order valence-electron chi connectivity index (χ0n) is 11.3. The quantitative estimate of drug-likeness (QED) is 0.891. The second-order valence-corrected chi connectivity index (χ2v) is 4.83. The summed E-state index contributed by atoms with van der Waals surface area (Å²) in [5.74, 6) is -1.01. The molecule has 0 radical (unpaired) electrons. The molecule has 1 atom stereocenters. The van der Waals surface area contributed by atoms with Gasteiger partial charge in [-0.3, -0.25) is 14.5 Å². The van der Waals surface area contributed by atoms with E-state index in [-0.39, 0.29) is 24.9 Å². The summed E-state index contributed by atoms with van der Waals surface area (Å²) in [6.45, 7) is 2.72. The first-order valence-corrected chi connectivity index (χ1v) is 6.40. The second kappa shape index (κ2) is 7.26. The van der Waals surface area contributed by atoms with Crippen molar-refractivity contribution < 1.29 is 14.7 Å². The van der Waals surface area contributed by atoms with E-state index in [4.69, 9.17) is 5.11 Å². The summed E-state index contributed by atoms with van der Waals surface area (Å²) in [7, 11) is 0. The Morgan fingerprint density at radius 2 is 2.10 bits per heavy atom. The summed E-state index contributed by atoms with van der Waals surface area (Å²) in [6, 6.07) is 7.00. The van der Waals surface area contributed by atoms with E-state index in [2.05, 4.69) is 5.32 Å². The van der Waals surface area contributed by atoms with Crippen molar-refractivity contribution in [1.29, 1.82) is 0 Å². The number of carbonyl (C=O) groups excluding carboxylic acids is 1. The van der Waals surface area contributed by atoms with Gasteiger partial charge in [0.25, 0.3) is 0 Å². The number of carboxylic acid groups (broad SMARTS) is 1. The van der Waals surface area contributed by atoms with Crippen molar-refractivity contribution in [2.75, 3.05) is 18.4 Å². The molecule has 2 rings (SSSR count). The van der Waals surface area contributed by atoms with Crippen molar-refractivity contribution in [2.24, 2.45) is 0 Å². The second-order valence-electron chi connectivity index (χ2n) is 4.83. The Hall–Kier alpha value is -1.59. The Balaban J connectivity index is 0.00000200. The van der Waals surface area contributed by atoms with Crippen LogP contribution in [0.15, 0.2) is 24.3 Å². The SMILES string of the molecule is Cc1ccccc1NC(=O)CN1CCCC1C(=O)O.Cl. The average molecular weight is 299 g/mol. The third-order valence-electron chi connectivity index (χ3n) is 3.41. The minimum absolute atomic E-state index is 0. The van der Waals surface area contributed by atoms with E-state index in [0.717, 1.165) is 17.7 Å². The number of nitrogens with zero attached hydrogens (tertiary/aromatic N) is 1. The Morgan fingerprint density at radius 3 is 2.75 bits per heavy atom. The molecular weight excluding hydrogens is 280 g/mol. The number of halogens is 1. The Bertz CT molecular complexity index is 493. The molecule has 1 aliphatic heterocycles. The molecule has 1 unspecified atom stereocenters. The van der Waals surface area contributed by atoms with Crippen LogP contribution in [0.1, 0.15) is 18.4 Å². The molecule has 1 aromatic rings. The fourth-order valence-corrected chi connectivity index (χ4v) is 2.38. The molecule has 0 saturated carbocycles. The molecule has 110 valence electrons. The highest BCUT2D eigenvalue weighted by atomic mass is 35.5. The third kappa shape index (κ3) is 3.95. The van der Waals surface area contributed by atoms with Crippen molar-refractivity contribution in [1.82, 2.24) is 4.90 Å². The molecule has 0 spiro atoms. The van der Waals surface area contributed by atoms with Gasteiger partial charge in [0.2, 0.25) is 5.91 Å². The fourth-order valence-electron chi connectivity index (χ4n) is 2.38. The number of rotatable bonds is 4. The van der Waals surface area contributed by atoms with Gasteiger partial charge in [-0.05, 0) is 37.9 Å². The largest absolute Gasteiger partial charge is 0.480 e. The van der Waals surface area contributed by atoms with Crippen LogP contribution in [-0.4, -0.2) is 41.0 Å². The zero-order valence-corrected chi connectivity index (χ0v) is 12.2. The molecule has 1 amide bonds. The molecule has 1 aromatic carbocycles. The first-order valence-electron chi connectivity index (χ1n) is 6.40. The lowest BCUT2D eigenvalue weighted by Gasteiger charge is -2.20. The molecule has 6 heteroatoms. The summed E-state index contributed by atoms with van der Waals surface area (Å²) in [5.41, 5.74) is 1.77. The van der Waals surface area contributed by atoms with Crippen LogP contribution in [0.5, 0.6) is 0 Å². The zero-order chi connectivity index (χ0) is 13.8. The number of carbonyl (C=O) groups is 2. The number of para-hydroxylation sites is 1. The van der Waals surface area contributed by atoms with Crippen LogP contribution >= 0.6 is 12.4 Å². The molecule has 1 aliphatic rings. The minimum atomic E-state index is -0.846. The predicted octanol–water partition coefficient (Wildman–Crippen LogP) is 1.90. The lowest BCUT2D eigenvalue weighted by Crippen LogP contribution is -2.40. The molecule has 0 aliphatic carbocycles. The maximum Gasteiger partial charge on any atom is 0.320 e. The smallest absolute Gasteiger partial charge is 0.320 e. The summed E-state index contributed by atoms with van der Waals surface area (Å²) in [5, 5.41) is 11.9. The third-order valence-corrected chi connectivity index (χ3v) is 3.41. The first-order chi connectivity index (χ1) is 9.08. The fraction of sp³-hybridized carbons (Fsp3) is 0.429. The van der Waals surface area contributed by atoms with Crippen LogP contribution in [0.25, 0.3) is 0 Å². The molecule has 1 saturated heterocycles. The highest BCUT2D eigenvalue weighted by Crippen LogP contribution is 2.18. The van der Waals surface area contributed by atoms with Crippen LogP contribution in [-0.2, 0) is 9.59 Å². The van der Waals surface area contributed by atoms with E-state index in [9.17, 15) is 9.59 Å². The Morgan fingerprint density at radius 1 is 1.40 bits per heavy atom. The molecule has 2 N–H and O–H groups in total. The van der Waals surface area contributed by atoms with Gasteiger partial charge in [-0.25, -0.2) is 0 Å². The van der Waals surface area contributed by atoms with E-state index in [1.165, 1.54) is 0 Å². The minimum Gasteiger partial charge on any atom is -0.480 e. The molecule has 5 nitrogen and oxygen atoms in total. The normalized spacial score (nSPS) is 18.4. The number of likely N-dealkylation sites (tertiary alicyclic amines) is 1. The van der Waals surface area contributed by atoms with E-state index >= 15 is 0 Å². The monoisotopic (exact) mass is 298 g/mol. The van der Waals surface area contributed by atoms with Gasteiger partial charge in [0, 0.05) is 5.69 Å². The van der Waals surface area contributed by atoms with Crippen LogP contribution < -0.4 is 5.32 Å². The number of nitrogens with one attached hydrogen (secondary N) is 1. The van der Waals surface area contributed by atoms with Gasteiger partial charge in [-0.1, -0.05) is 18.2 Å². The van der Waals surface area contributed by atoms with E-state index < -0.39 is 12.0 Å². The summed E-state index contributed by atoms with van der Waals surface area (Å²) in [6.07, 6.45) is 1.45. The van der Waals surface area contributed by atoms with Crippen LogP contribution in [0.4, 0.5) is 5.69 Å². The van der Waals surface area contributed by atoms with Gasteiger partial charge in [0.15, 0.2) is 0 Å². The number of benzene rings is 1. The van der Waals surface area contributed by atoms with E-state index in [1.54, 1.807) is 4.90 Å². The molecular formula is C14H19ClN2O3. The molecule has 20 heavy (non-hydrogen) atoms. The number of carboxylic acids is 1. The van der Waals surface area contributed by atoms with Crippen molar-refractivity contribution in [3.63, 3.8) is 0 Å². The average Bonchev–Trinajstić information content (AvgIpc) is 2.80. The standard InChI is InChI=1S/C14H18N2O3.ClH/c1-10-5-2-3-6-11(10)15-13(17)9-16-8-4-7-12(16)14(18)19;/h2-3,5-6,12H,4,7-9H2,1H3,(H,15,17)(H,18,19);1H. The van der Waals surface area contributed by atoms with E-state index in [0.29, 0.717) is 13.0 Å². The summed E-state index contributed by atoms with van der Waals surface area (Å²) < 4.78 is 0. The predicted molar refractivity (Wildman–Crippen MR) is 79.3 cm³/mol. The Labute approximate surface area is 124 Å². The van der Waals surface area contributed by atoms with Crippen LogP contribution in [0, 0.1) is 6.92 Å². The molecule has 0 aromatic heterocycles. The summed E-state index contributed by atoms with van der Waals surface area (Å²) >= 11 is 0. The van der Waals surface area contributed by atoms with Gasteiger partial charge in [-0.15, -0.1) is 12.4 Å². The van der Waals surface area contributed by atoms with Gasteiger partial charge in [-0.2, -0.15) is 0 Å². The number of hydrogen-bond donors (Lipinski definition) is 2. The molecule has 1 heterocycles. The van der Waals surface area contributed by atoms with Crippen LogP contribution in [0.3, 0.4) is 0 Å². The van der Waals surface area contributed by atoms with Gasteiger partial charge >= 0.3 is 5.97 Å². The highest BCUT2D eigenvalue weighted by molar-refractivity contribution is 5.93. The number of aryl methyl sites for hydroxylation is 1. The van der Waals surface area contributed by atoms with E-state index in [1.807, 2.05) is 31.2 Å². The maximum atomic E-state index is 11.9. The van der Waals surface area contributed by atoms with Gasteiger partial charge in [0.1, 0.15) is 6.04 Å². The number of anilines is 1. The van der Waals surface area contributed by atoms with Gasteiger partial charge < -0.3 is 10.4 Å². The van der Waals surface area contributed by atoms with Crippen molar-refractivity contribution in [3.05, 3.63) is 29.8 Å². The maximum absolute atomic E-state index is 11.9. The lowest BCUT2D eigenvalue weighted by molar-refractivity contribution is -0.142. The number of amides is 1. The lowest BCUT2D eigenvalue weighted by atomic mass is 10.2. The number of hydrogen-bond acceptors (Lipinski definition) is 3. The van der Waals surface area contributed by atoms with Crippen molar-refractivity contribution in [3.8, 4) is 0 Å². The van der Waals surface area contributed by atoms with Crippen molar-refractivity contribution >= 4 is 30.0 Å².